The van der Waals surface area contributed by atoms with Crippen molar-refractivity contribution in [2.75, 3.05) is 12.8 Å². The van der Waals surface area contributed by atoms with Gasteiger partial charge in [-0.05, 0) is 31.5 Å². The van der Waals surface area contributed by atoms with Crippen LogP contribution in [0.3, 0.4) is 0 Å². The van der Waals surface area contributed by atoms with Crippen molar-refractivity contribution in [2.45, 2.75) is 13.8 Å². The van der Waals surface area contributed by atoms with Crippen LogP contribution in [0.4, 0.5) is 5.82 Å². The average Bonchev–Trinajstić information content (AvgIpc) is 2.64. The molecule has 1 aromatic carbocycles. The number of rotatable bonds is 2. The first-order valence-corrected chi connectivity index (χ1v) is 5.55. The summed E-state index contributed by atoms with van der Waals surface area (Å²) in [4.78, 5) is 11.6. The fourth-order valence-corrected chi connectivity index (χ4v) is 1.86. The van der Waals surface area contributed by atoms with Gasteiger partial charge in [0.15, 0.2) is 0 Å². The van der Waals surface area contributed by atoms with E-state index in [-0.39, 0.29) is 0 Å². The Morgan fingerprint density at radius 3 is 2.72 bits per heavy atom. The molecule has 0 radical (unpaired) electrons. The Kier molecular flexibility index (Phi) is 3.06. The second-order valence-corrected chi connectivity index (χ2v) is 4.09. The lowest BCUT2D eigenvalue weighted by Gasteiger charge is -2.05. The SMILES string of the molecule is COC(=O)c1c(C)nn(-c2cccc(C)c2)c1N. The highest BCUT2D eigenvalue weighted by atomic mass is 16.5. The zero-order valence-electron chi connectivity index (χ0n) is 10.6. The van der Waals surface area contributed by atoms with Crippen LogP contribution in [0.25, 0.3) is 5.69 Å². The first kappa shape index (κ1) is 12.2. The smallest absolute Gasteiger partial charge is 0.343 e. The van der Waals surface area contributed by atoms with Crippen LogP contribution in [0, 0.1) is 13.8 Å². The van der Waals surface area contributed by atoms with Gasteiger partial charge in [0.1, 0.15) is 11.4 Å². The molecular weight excluding hydrogens is 230 g/mol. The molecule has 0 unspecified atom stereocenters. The molecule has 0 saturated heterocycles. The van der Waals surface area contributed by atoms with Crippen LogP contribution in [0.2, 0.25) is 0 Å². The Morgan fingerprint density at radius 1 is 1.39 bits per heavy atom. The number of benzene rings is 1. The van der Waals surface area contributed by atoms with Gasteiger partial charge in [-0.25, -0.2) is 9.48 Å². The van der Waals surface area contributed by atoms with Crippen LogP contribution >= 0.6 is 0 Å². The molecule has 5 heteroatoms. The van der Waals surface area contributed by atoms with Crippen LogP contribution in [-0.4, -0.2) is 22.9 Å². The predicted molar refractivity (Wildman–Crippen MR) is 68.8 cm³/mol. The van der Waals surface area contributed by atoms with Crippen molar-refractivity contribution in [3.05, 3.63) is 41.1 Å². The summed E-state index contributed by atoms with van der Waals surface area (Å²) in [5.74, 6) is -0.172. The van der Waals surface area contributed by atoms with Gasteiger partial charge in [0.05, 0.1) is 18.5 Å². The number of carbonyl (C=O) groups excluding carboxylic acids is 1. The lowest BCUT2D eigenvalue weighted by Crippen LogP contribution is -2.07. The first-order chi connectivity index (χ1) is 8.54. The maximum Gasteiger partial charge on any atom is 0.343 e. The molecule has 2 rings (SSSR count). The van der Waals surface area contributed by atoms with E-state index in [0.717, 1.165) is 11.3 Å². The van der Waals surface area contributed by atoms with Crippen LogP contribution in [0.5, 0.6) is 0 Å². The number of anilines is 1. The van der Waals surface area contributed by atoms with Crippen molar-refractivity contribution in [3.8, 4) is 5.69 Å². The molecule has 0 aliphatic carbocycles. The molecule has 0 aliphatic heterocycles. The number of nitrogen functional groups attached to an aromatic ring is 1. The number of carbonyl (C=O) groups is 1. The third-order valence-corrected chi connectivity index (χ3v) is 2.73. The van der Waals surface area contributed by atoms with E-state index in [4.69, 9.17) is 10.5 Å². The van der Waals surface area contributed by atoms with Gasteiger partial charge in [0, 0.05) is 0 Å². The number of aryl methyl sites for hydroxylation is 2. The maximum absolute atomic E-state index is 11.6. The van der Waals surface area contributed by atoms with Gasteiger partial charge in [0.2, 0.25) is 0 Å². The summed E-state index contributed by atoms with van der Waals surface area (Å²) in [6.07, 6.45) is 0. The predicted octanol–water partition coefficient (Wildman–Crippen LogP) is 1.86. The Bertz CT molecular complexity index is 602. The topological polar surface area (TPSA) is 70.1 Å². The fourth-order valence-electron chi connectivity index (χ4n) is 1.86. The summed E-state index contributed by atoms with van der Waals surface area (Å²) in [5.41, 5.74) is 8.76. The number of nitrogens with two attached hydrogens (primary N) is 1. The molecule has 0 amide bonds. The molecule has 18 heavy (non-hydrogen) atoms. The molecule has 94 valence electrons. The molecule has 1 aromatic heterocycles. The minimum atomic E-state index is -0.469. The van der Waals surface area contributed by atoms with Gasteiger partial charge in [-0.15, -0.1) is 0 Å². The highest BCUT2D eigenvalue weighted by Crippen LogP contribution is 2.21. The largest absolute Gasteiger partial charge is 0.465 e. The van der Waals surface area contributed by atoms with E-state index in [9.17, 15) is 4.79 Å². The van der Waals surface area contributed by atoms with Gasteiger partial charge in [-0.1, -0.05) is 12.1 Å². The summed E-state index contributed by atoms with van der Waals surface area (Å²) in [7, 11) is 1.32. The molecule has 0 aliphatic rings. The van der Waals surface area contributed by atoms with E-state index in [1.807, 2.05) is 31.2 Å². The van der Waals surface area contributed by atoms with E-state index < -0.39 is 5.97 Å². The molecule has 0 saturated carbocycles. The molecule has 5 nitrogen and oxygen atoms in total. The zero-order valence-corrected chi connectivity index (χ0v) is 10.6. The number of ether oxygens (including phenoxy) is 1. The first-order valence-electron chi connectivity index (χ1n) is 5.55. The maximum atomic E-state index is 11.6. The number of esters is 1. The summed E-state index contributed by atoms with van der Waals surface area (Å²) in [6.45, 7) is 3.71. The second-order valence-electron chi connectivity index (χ2n) is 4.09. The molecule has 1 heterocycles. The second kappa shape index (κ2) is 4.52. The Morgan fingerprint density at radius 2 is 2.11 bits per heavy atom. The van der Waals surface area contributed by atoms with Crippen LogP contribution in [0.15, 0.2) is 24.3 Å². The zero-order chi connectivity index (χ0) is 13.3. The summed E-state index contributed by atoms with van der Waals surface area (Å²) < 4.78 is 6.25. The van der Waals surface area contributed by atoms with Crippen LogP contribution in [-0.2, 0) is 4.74 Å². The lowest BCUT2D eigenvalue weighted by atomic mass is 10.2. The third kappa shape index (κ3) is 1.95. The molecule has 0 atom stereocenters. The Hall–Kier alpha value is -2.30. The number of aromatic nitrogens is 2. The van der Waals surface area contributed by atoms with Crippen molar-refractivity contribution < 1.29 is 9.53 Å². The van der Waals surface area contributed by atoms with E-state index in [2.05, 4.69) is 5.10 Å². The number of hydrogen-bond acceptors (Lipinski definition) is 4. The molecule has 0 spiro atoms. The third-order valence-electron chi connectivity index (χ3n) is 2.73. The van der Waals surface area contributed by atoms with Crippen molar-refractivity contribution >= 4 is 11.8 Å². The minimum absolute atomic E-state index is 0.296. The highest BCUT2D eigenvalue weighted by Gasteiger charge is 2.20. The molecule has 2 N–H and O–H groups in total. The fraction of sp³-hybridized carbons (Fsp3) is 0.231. The average molecular weight is 245 g/mol. The quantitative estimate of drug-likeness (QED) is 0.820. The lowest BCUT2D eigenvalue weighted by molar-refractivity contribution is 0.0601. The van der Waals surface area contributed by atoms with E-state index in [1.54, 1.807) is 11.6 Å². The number of hydrogen-bond donors (Lipinski definition) is 1. The van der Waals surface area contributed by atoms with Gasteiger partial charge in [-0.2, -0.15) is 5.10 Å². The highest BCUT2D eigenvalue weighted by molar-refractivity contribution is 5.95. The van der Waals surface area contributed by atoms with Crippen LogP contribution < -0.4 is 5.73 Å². The molecule has 0 fully saturated rings. The monoisotopic (exact) mass is 245 g/mol. The number of methoxy groups -OCH3 is 1. The van der Waals surface area contributed by atoms with Crippen LogP contribution in [0.1, 0.15) is 21.6 Å². The van der Waals surface area contributed by atoms with Crippen molar-refractivity contribution in [2.24, 2.45) is 0 Å². The van der Waals surface area contributed by atoms with E-state index in [1.165, 1.54) is 7.11 Å². The summed E-state index contributed by atoms with van der Waals surface area (Å²) in [6, 6.07) is 7.73. The van der Waals surface area contributed by atoms with Gasteiger partial charge >= 0.3 is 5.97 Å². The summed E-state index contributed by atoms with van der Waals surface area (Å²) in [5, 5.41) is 4.28. The van der Waals surface area contributed by atoms with Crippen molar-refractivity contribution in [1.82, 2.24) is 9.78 Å². The standard InChI is InChI=1S/C13H15N3O2/c1-8-5-4-6-10(7-8)16-12(14)11(9(2)15-16)13(17)18-3/h4-7H,14H2,1-3H3. The van der Waals surface area contributed by atoms with Crippen molar-refractivity contribution in [3.63, 3.8) is 0 Å². The van der Waals surface area contributed by atoms with Gasteiger partial charge in [-0.3, -0.25) is 0 Å². The van der Waals surface area contributed by atoms with E-state index in [0.29, 0.717) is 17.1 Å². The van der Waals surface area contributed by atoms with Gasteiger partial charge < -0.3 is 10.5 Å². The molecular formula is C13H15N3O2. The number of nitrogens with zero attached hydrogens (tertiary/aromatic N) is 2. The molecule has 0 bridgehead atoms. The Labute approximate surface area is 105 Å². The normalized spacial score (nSPS) is 10.4. The van der Waals surface area contributed by atoms with E-state index >= 15 is 0 Å². The van der Waals surface area contributed by atoms with Crippen molar-refractivity contribution in [1.29, 1.82) is 0 Å². The molecule has 2 aromatic rings. The van der Waals surface area contributed by atoms with Gasteiger partial charge in [0.25, 0.3) is 0 Å². The minimum Gasteiger partial charge on any atom is -0.465 e. The Balaban J connectivity index is 2.57. The summed E-state index contributed by atoms with van der Waals surface area (Å²) >= 11 is 0.